The van der Waals surface area contributed by atoms with E-state index in [2.05, 4.69) is 5.32 Å². The van der Waals surface area contributed by atoms with Crippen LogP contribution in [0.1, 0.15) is 18.4 Å². The molecular weight excluding hydrogens is 278 g/mol. The first-order valence-electron chi connectivity index (χ1n) is 6.40. The smallest absolute Gasteiger partial charge is 0.228 e. The number of aryl methyl sites for hydroxylation is 1. The molecule has 0 spiro atoms. The fourth-order valence-electron chi connectivity index (χ4n) is 2.26. The van der Waals surface area contributed by atoms with E-state index in [1.54, 1.807) is 18.2 Å². The van der Waals surface area contributed by atoms with Crippen LogP contribution < -0.4 is 10.4 Å². The van der Waals surface area contributed by atoms with Gasteiger partial charge in [-0.05, 0) is 31.9 Å². The van der Waals surface area contributed by atoms with E-state index < -0.39 is 17.8 Å². The van der Waals surface area contributed by atoms with Crippen LogP contribution in [0.2, 0.25) is 0 Å². The van der Waals surface area contributed by atoms with E-state index in [0.717, 1.165) is 5.56 Å². The van der Waals surface area contributed by atoms with Crippen molar-refractivity contribution in [1.82, 2.24) is 0 Å². The van der Waals surface area contributed by atoms with Crippen molar-refractivity contribution >= 4 is 29.2 Å². The number of halogens is 1. The second-order valence-corrected chi connectivity index (χ2v) is 5.46. The first kappa shape index (κ1) is 14.6. The second kappa shape index (κ2) is 6.09. The lowest BCUT2D eigenvalue weighted by Gasteiger charge is -2.29. The molecular formula is C15H15ClNO3-. The van der Waals surface area contributed by atoms with E-state index in [9.17, 15) is 14.7 Å². The molecule has 0 fully saturated rings. The van der Waals surface area contributed by atoms with Crippen LogP contribution in [0.25, 0.3) is 0 Å². The number of aliphatic carboxylic acids is 1. The number of hydrogen-bond acceptors (Lipinski definition) is 3. The molecule has 1 aliphatic rings. The lowest BCUT2D eigenvalue weighted by atomic mass is 9.82. The van der Waals surface area contributed by atoms with Gasteiger partial charge in [-0.3, -0.25) is 4.79 Å². The predicted molar refractivity (Wildman–Crippen MR) is 75.0 cm³/mol. The molecule has 1 aromatic carbocycles. The number of carbonyl (C=O) groups is 2. The van der Waals surface area contributed by atoms with Crippen molar-refractivity contribution in [3.05, 3.63) is 40.9 Å². The Morgan fingerprint density at radius 1 is 1.25 bits per heavy atom. The van der Waals surface area contributed by atoms with Crippen LogP contribution in [0.5, 0.6) is 0 Å². The third-order valence-corrected chi connectivity index (χ3v) is 3.76. The Hall–Kier alpha value is -1.81. The Morgan fingerprint density at radius 2 is 1.90 bits per heavy atom. The zero-order valence-corrected chi connectivity index (χ0v) is 11.8. The average Bonchev–Trinajstić information content (AvgIpc) is 2.41. The van der Waals surface area contributed by atoms with Crippen molar-refractivity contribution in [2.75, 3.05) is 5.32 Å². The summed E-state index contributed by atoms with van der Waals surface area (Å²) >= 11 is 5.92. The molecule has 1 aromatic rings. The normalized spacial score (nSPS) is 22.0. The molecule has 0 saturated heterocycles. The number of anilines is 1. The number of carboxylic acid groups (broad SMARTS) is 1. The van der Waals surface area contributed by atoms with Gasteiger partial charge in [0.05, 0.1) is 5.92 Å². The summed E-state index contributed by atoms with van der Waals surface area (Å²) in [5.41, 5.74) is 1.72. The van der Waals surface area contributed by atoms with Crippen LogP contribution in [-0.4, -0.2) is 11.9 Å². The molecule has 0 saturated carbocycles. The Labute approximate surface area is 122 Å². The average molecular weight is 293 g/mol. The summed E-state index contributed by atoms with van der Waals surface area (Å²) in [6, 6.07) is 7.31. The number of allylic oxidation sites excluding steroid dienone is 2. The monoisotopic (exact) mass is 292 g/mol. The number of carboxylic acids is 1. The summed E-state index contributed by atoms with van der Waals surface area (Å²) < 4.78 is 0. The summed E-state index contributed by atoms with van der Waals surface area (Å²) in [5.74, 6) is -3.08. The molecule has 2 rings (SSSR count). The third-order valence-electron chi connectivity index (χ3n) is 3.45. The predicted octanol–water partition coefficient (Wildman–Crippen LogP) is 1.83. The molecule has 0 radical (unpaired) electrons. The molecule has 4 nitrogen and oxygen atoms in total. The van der Waals surface area contributed by atoms with Gasteiger partial charge in [-0.15, -0.1) is 0 Å². The zero-order valence-electron chi connectivity index (χ0n) is 11.1. The highest BCUT2D eigenvalue weighted by molar-refractivity contribution is 6.29. The van der Waals surface area contributed by atoms with Gasteiger partial charge in [0.1, 0.15) is 0 Å². The highest BCUT2D eigenvalue weighted by atomic mass is 35.5. The lowest BCUT2D eigenvalue weighted by Crippen LogP contribution is -2.42. The van der Waals surface area contributed by atoms with Gasteiger partial charge in [0.25, 0.3) is 0 Å². The van der Waals surface area contributed by atoms with Gasteiger partial charge in [0, 0.05) is 22.6 Å². The number of benzene rings is 1. The number of rotatable bonds is 3. The molecule has 5 heteroatoms. The van der Waals surface area contributed by atoms with Gasteiger partial charge in [-0.2, -0.15) is 0 Å². The molecule has 1 aliphatic carbocycles. The van der Waals surface area contributed by atoms with E-state index in [1.165, 1.54) is 0 Å². The molecule has 1 N–H and O–H groups in total. The zero-order chi connectivity index (χ0) is 14.7. The number of carbonyl (C=O) groups excluding carboxylic acids is 2. The highest BCUT2D eigenvalue weighted by Gasteiger charge is 2.32. The molecule has 0 aliphatic heterocycles. The molecule has 2 atom stereocenters. The minimum absolute atomic E-state index is 0.229. The Kier molecular flexibility index (Phi) is 4.45. The standard InChI is InChI=1S/C15H16ClNO3/c1-9-2-5-11(6-3-9)17-14(18)13-8-10(16)4-7-12(13)15(19)20/h2-6,12-13H,7-8H2,1H3,(H,17,18)(H,19,20)/p-1/t12-,13+/m0/s1. The van der Waals surface area contributed by atoms with Gasteiger partial charge in [-0.1, -0.05) is 35.4 Å². The van der Waals surface area contributed by atoms with Crippen molar-refractivity contribution in [1.29, 1.82) is 0 Å². The molecule has 20 heavy (non-hydrogen) atoms. The van der Waals surface area contributed by atoms with Gasteiger partial charge in [0.15, 0.2) is 0 Å². The maximum Gasteiger partial charge on any atom is 0.228 e. The van der Waals surface area contributed by atoms with Gasteiger partial charge >= 0.3 is 0 Å². The number of amides is 1. The fourth-order valence-corrected chi connectivity index (χ4v) is 2.52. The van der Waals surface area contributed by atoms with Crippen LogP contribution in [0.15, 0.2) is 35.4 Å². The van der Waals surface area contributed by atoms with E-state index in [4.69, 9.17) is 11.6 Å². The molecule has 106 valence electrons. The minimum Gasteiger partial charge on any atom is -0.550 e. The van der Waals surface area contributed by atoms with Crippen LogP contribution >= 0.6 is 11.6 Å². The van der Waals surface area contributed by atoms with Crippen LogP contribution in [0.3, 0.4) is 0 Å². The molecule has 0 heterocycles. The summed E-state index contributed by atoms with van der Waals surface area (Å²) in [7, 11) is 0. The van der Waals surface area contributed by atoms with Crippen LogP contribution in [0, 0.1) is 18.8 Å². The van der Waals surface area contributed by atoms with Gasteiger partial charge in [0.2, 0.25) is 5.91 Å². The van der Waals surface area contributed by atoms with E-state index in [0.29, 0.717) is 10.7 Å². The van der Waals surface area contributed by atoms with E-state index >= 15 is 0 Å². The highest BCUT2D eigenvalue weighted by Crippen LogP contribution is 2.32. The van der Waals surface area contributed by atoms with Gasteiger partial charge in [-0.25, -0.2) is 0 Å². The second-order valence-electron chi connectivity index (χ2n) is 4.98. The summed E-state index contributed by atoms with van der Waals surface area (Å²) in [6.45, 7) is 1.95. The Bertz CT molecular complexity index is 551. The summed E-state index contributed by atoms with van der Waals surface area (Å²) in [6.07, 6.45) is 2.10. The number of hydrogen-bond donors (Lipinski definition) is 1. The molecule has 0 bridgehead atoms. The first-order chi connectivity index (χ1) is 9.47. The van der Waals surface area contributed by atoms with Crippen molar-refractivity contribution in [2.45, 2.75) is 19.8 Å². The molecule has 0 aromatic heterocycles. The van der Waals surface area contributed by atoms with Crippen molar-refractivity contribution in [3.63, 3.8) is 0 Å². The van der Waals surface area contributed by atoms with Crippen molar-refractivity contribution < 1.29 is 14.7 Å². The van der Waals surface area contributed by atoms with Crippen molar-refractivity contribution in [2.24, 2.45) is 11.8 Å². The first-order valence-corrected chi connectivity index (χ1v) is 6.78. The molecule has 1 amide bonds. The third kappa shape index (κ3) is 3.39. The lowest BCUT2D eigenvalue weighted by molar-refractivity contribution is -0.313. The molecule has 0 unspecified atom stereocenters. The number of nitrogens with one attached hydrogen (secondary N) is 1. The quantitative estimate of drug-likeness (QED) is 0.924. The van der Waals surface area contributed by atoms with Gasteiger partial charge < -0.3 is 15.2 Å². The Balaban J connectivity index is 2.12. The fraction of sp³-hybridized carbons (Fsp3) is 0.333. The topological polar surface area (TPSA) is 69.2 Å². The summed E-state index contributed by atoms with van der Waals surface area (Å²) in [4.78, 5) is 23.3. The van der Waals surface area contributed by atoms with Crippen LogP contribution in [0.4, 0.5) is 5.69 Å². The Morgan fingerprint density at radius 3 is 2.50 bits per heavy atom. The SMILES string of the molecule is Cc1ccc(NC(=O)[C@@H]2CC(Cl)=CC[C@@H]2C(=O)[O-])cc1. The van der Waals surface area contributed by atoms with Crippen molar-refractivity contribution in [3.8, 4) is 0 Å². The summed E-state index contributed by atoms with van der Waals surface area (Å²) in [5, 5.41) is 14.4. The van der Waals surface area contributed by atoms with Crippen LogP contribution in [-0.2, 0) is 9.59 Å². The van der Waals surface area contributed by atoms with E-state index in [1.807, 2.05) is 19.1 Å². The maximum atomic E-state index is 12.2. The minimum atomic E-state index is -1.21. The van der Waals surface area contributed by atoms with E-state index in [-0.39, 0.29) is 18.7 Å². The largest absolute Gasteiger partial charge is 0.550 e. The maximum absolute atomic E-state index is 12.2.